The number of hydrogen-bond donors (Lipinski definition) is 1. The average Bonchev–Trinajstić information content (AvgIpc) is 2.17. The highest BCUT2D eigenvalue weighted by molar-refractivity contribution is 5.34. The lowest BCUT2D eigenvalue weighted by Crippen LogP contribution is -1.98. The minimum atomic E-state index is -0.864. The van der Waals surface area contributed by atoms with Crippen molar-refractivity contribution in [2.45, 2.75) is 6.29 Å². The van der Waals surface area contributed by atoms with E-state index in [1.807, 2.05) is 0 Å². The molecule has 0 heterocycles. The molecule has 1 aromatic carbocycles. The standard InChI is InChI=1S/C10H10O2/c1-3-8-4-6-9(7-5-8)10(11)12-2/h1,4-7,10-11H,2H3. The van der Waals surface area contributed by atoms with Crippen LogP contribution < -0.4 is 0 Å². The Bertz CT molecular complexity index is 282. The molecule has 0 aliphatic carbocycles. The Balaban J connectivity index is 2.86. The number of hydrogen-bond acceptors (Lipinski definition) is 2. The van der Waals surface area contributed by atoms with Gasteiger partial charge in [-0.1, -0.05) is 18.1 Å². The largest absolute Gasteiger partial charge is 0.364 e. The summed E-state index contributed by atoms with van der Waals surface area (Å²) in [6.45, 7) is 0. The van der Waals surface area contributed by atoms with E-state index in [0.29, 0.717) is 5.56 Å². The van der Waals surface area contributed by atoms with Crippen LogP contribution in [0, 0.1) is 12.3 Å². The van der Waals surface area contributed by atoms with Gasteiger partial charge in [0.2, 0.25) is 0 Å². The maximum Gasteiger partial charge on any atom is 0.180 e. The van der Waals surface area contributed by atoms with Crippen LogP contribution in [0.3, 0.4) is 0 Å². The Morgan fingerprint density at radius 2 is 2.00 bits per heavy atom. The van der Waals surface area contributed by atoms with Crippen LogP contribution in [-0.4, -0.2) is 12.2 Å². The van der Waals surface area contributed by atoms with Gasteiger partial charge in [-0.05, 0) is 12.1 Å². The van der Waals surface area contributed by atoms with E-state index in [9.17, 15) is 5.11 Å². The molecule has 1 unspecified atom stereocenters. The third kappa shape index (κ3) is 1.85. The van der Waals surface area contributed by atoms with Gasteiger partial charge in [-0.3, -0.25) is 0 Å². The SMILES string of the molecule is C#Cc1ccc(C(O)OC)cc1. The summed E-state index contributed by atoms with van der Waals surface area (Å²) in [5.74, 6) is 2.49. The molecule has 1 aromatic rings. The van der Waals surface area contributed by atoms with Crippen LogP contribution in [0.5, 0.6) is 0 Å². The first-order chi connectivity index (χ1) is 5.77. The number of terminal acetylenes is 1. The molecular formula is C10H10O2. The summed E-state index contributed by atoms with van der Waals surface area (Å²) in [5, 5.41) is 9.22. The summed E-state index contributed by atoms with van der Waals surface area (Å²) < 4.78 is 4.71. The van der Waals surface area contributed by atoms with E-state index >= 15 is 0 Å². The molecule has 2 nitrogen and oxygen atoms in total. The van der Waals surface area contributed by atoms with E-state index in [1.165, 1.54) is 7.11 Å². The van der Waals surface area contributed by atoms with Gasteiger partial charge < -0.3 is 9.84 Å². The number of aliphatic hydroxyl groups excluding tert-OH is 1. The fourth-order valence-corrected chi connectivity index (χ4v) is 0.880. The predicted octanol–water partition coefficient (Wildman–Crippen LogP) is 1.31. The summed E-state index contributed by atoms with van der Waals surface area (Å²) in [6.07, 6.45) is 4.30. The molecule has 0 aliphatic heterocycles. The summed E-state index contributed by atoms with van der Waals surface area (Å²) in [4.78, 5) is 0. The highest BCUT2D eigenvalue weighted by Gasteiger charge is 2.03. The summed E-state index contributed by atoms with van der Waals surface area (Å²) in [6, 6.07) is 7.00. The van der Waals surface area contributed by atoms with Gasteiger partial charge in [0.15, 0.2) is 6.29 Å². The molecule has 0 fully saturated rings. The number of benzene rings is 1. The Labute approximate surface area is 71.8 Å². The maximum absolute atomic E-state index is 9.22. The monoisotopic (exact) mass is 162 g/mol. The van der Waals surface area contributed by atoms with E-state index in [4.69, 9.17) is 11.2 Å². The molecule has 0 aromatic heterocycles. The quantitative estimate of drug-likeness (QED) is 0.524. The van der Waals surface area contributed by atoms with Crippen molar-refractivity contribution in [3.8, 4) is 12.3 Å². The Morgan fingerprint density at radius 1 is 1.42 bits per heavy atom. The van der Waals surface area contributed by atoms with Gasteiger partial charge in [-0.25, -0.2) is 0 Å². The van der Waals surface area contributed by atoms with Gasteiger partial charge in [0, 0.05) is 18.2 Å². The third-order valence-corrected chi connectivity index (χ3v) is 1.59. The summed E-state index contributed by atoms with van der Waals surface area (Å²) >= 11 is 0. The number of rotatable bonds is 2. The highest BCUT2D eigenvalue weighted by Crippen LogP contribution is 2.13. The molecule has 12 heavy (non-hydrogen) atoms. The lowest BCUT2D eigenvalue weighted by Gasteiger charge is -2.07. The topological polar surface area (TPSA) is 29.5 Å². The zero-order valence-electron chi connectivity index (χ0n) is 6.82. The van der Waals surface area contributed by atoms with Gasteiger partial charge in [-0.2, -0.15) is 0 Å². The lowest BCUT2D eigenvalue weighted by molar-refractivity contribution is -0.0769. The number of ether oxygens (including phenoxy) is 1. The van der Waals surface area contributed by atoms with Crippen LogP contribution >= 0.6 is 0 Å². The molecule has 0 saturated heterocycles. The number of methoxy groups -OCH3 is 1. The molecule has 0 amide bonds. The van der Waals surface area contributed by atoms with Gasteiger partial charge in [0.25, 0.3) is 0 Å². The van der Waals surface area contributed by atoms with Crippen LogP contribution in [0.2, 0.25) is 0 Å². The lowest BCUT2D eigenvalue weighted by atomic mass is 10.1. The normalized spacial score (nSPS) is 12.1. The second kappa shape index (κ2) is 3.91. The Kier molecular flexibility index (Phi) is 2.87. The second-order valence-corrected chi connectivity index (χ2v) is 2.35. The van der Waals surface area contributed by atoms with Crippen LogP contribution in [0.15, 0.2) is 24.3 Å². The van der Waals surface area contributed by atoms with Crippen molar-refractivity contribution in [2.24, 2.45) is 0 Å². The zero-order valence-corrected chi connectivity index (χ0v) is 6.82. The van der Waals surface area contributed by atoms with Gasteiger partial charge in [0.1, 0.15) is 0 Å². The van der Waals surface area contributed by atoms with Crippen molar-refractivity contribution in [3.05, 3.63) is 35.4 Å². The van der Waals surface area contributed by atoms with Crippen LogP contribution in [0.1, 0.15) is 17.4 Å². The minimum absolute atomic E-state index is 0.705. The van der Waals surface area contributed by atoms with Gasteiger partial charge in [0.05, 0.1) is 0 Å². The molecule has 1 atom stereocenters. The highest BCUT2D eigenvalue weighted by atomic mass is 16.6. The second-order valence-electron chi connectivity index (χ2n) is 2.35. The number of aliphatic hydroxyl groups is 1. The van der Waals surface area contributed by atoms with Crippen molar-refractivity contribution in [3.63, 3.8) is 0 Å². The molecule has 0 spiro atoms. The third-order valence-electron chi connectivity index (χ3n) is 1.59. The fraction of sp³-hybridized carbons (Fsp3) is 0.200. The van der Waals surface area contributed by atoms with Crippen molar-refractivity contribution in [1.29, 1.82) is 0 Å². The summed E-state index contributed by atoms with van der Waals surface area (Å²) in [7, 11) is 1.44. The molecule has 62 valence electrons. The average molecular weight is 162 g/mol. The van der Waals surface area contributed by atoms with E-state index in [1.54, 1.807) is 24.3 Å². The summed E-state index contributed by atoms with van der Waals surface area (Å²) in [5.41, 5.74) is 1.50. The first-order valence-electron chi connectivity index (χ1n) is 3.55. The van der Waals surface area contributed by atoms with Crippen LogP contribution in [0.25, 0.3) is 0 Å². The van der Waals surface area contributed by atoms with Crippen molar-refractivity contribution in [2.75, 3.05) is 7.11 Å². The van der Waals surface area contributed by atoms with Crippen LogP contribution in [-0.2, 0) is 4.74 Å². The smallest absolute Gasteiger partial charge is 0.180 e. The molecular weight excluding hydrogens is 152 g/mol. The molecule has 0 aliphatic rings. The minimum Gasteiger partial charge on any atom is -0.364 e. The molecule has 2 heteroatoms. The van der Waals surface area contributed by atoms with E-state index in [0.717, 1.165) is 5.56 Å². The molecule has 1 N–H and O–H groups in total. The molecule has 0 radical (unpaired) electrons. The predicted molar refractivity (Wildman–Crippen MR) is 46.3 cm³/mol. The molecule has 1 rings (SSSR count). The Morgan fingerprint density at radius 3 is 2.42 bits per heavy atom. The fourth-order valence-electron chi connectivity index (χ4n) is 0.880. The van der Waals surface area contributed by atoms with Gasteiger partial charge >= 0.3 is 0 Å². The Hall–Kier alpha value is -1.30. The molecule has 0 bridgehead atoms. The van der Waals surface area contributed by atoms with E-state index < -0.39 is 6.29 Å². The van der Waals surface area contributed by atoms with Crippen molar-refractivity contribution in [1.82, 2.24) is 0 Å². The van der Waals surface area contributed by atoms with Gasteiger partial charge in [-0.15, -0.1) is 6.42 Å². The van der Waals surface area contributed by atoms with E-state index in [-0.39, 0.29) is 0 Å². The molecule has 0 saturated carbocycles. The van der Waals surface area contributed by atoms with Crippen LogP contribution in [0.4, 0.5) is 0 Å². The first kappa shape index (κ1) is 8.79. The zero-order chi connectivity index (χ0) is 8.97. The van der Waals surface area contributed by atoms with E-state index in [2.05, 4.69) is 5.92 Å². The maximum atomic E-state index is 9.22. The van der Waals surface area contributed by atoms with Crippen molar-refractivity contribution >= 4 is 0 Å². The first-order valence-corrected chi connectivity index (χ1v) is 3.55. The van der Waals surface area contributed by atoms with Crippen molar-refractivity contribution < 1.29 is 9.84 Å².